The second-order valence-corrected chi connectivity index (χ2v) is 7.93. The van der Waals surface area contributed by atoms with E-state index >= 15 is 0 Å². The van der Waals surface area contributed by atoms with E-state index in [4.69, 9.17) is 11.6 Å². The van der Waals surface area contributed by atoms with Gasteiger partial charge in [0.25, 0.3) is 0 Å². The third kappa shape index (κ3) is 5.13. The summed E-state index contributed by atoms with van der Waals surface area (Å²) in [5.41, 5.74) is 3.94. The van der Waals surface area contributed by atoms with E-state index in [-0.39, 0.29) is 6.03 Å². The Morgan fingerprint density at radius 2 is 1.87 bits per heavy atom. The molecule has 1 aliphatic rings. The fourth-order valence-electron chi connectivity index (χ4n) is 3.79. The number of piperidine rings is 1. The van der Waals surface area contributed by atoms with Gasteiger partial charge in [-0.25, -0.2) is 9.78 Å². The van der Waals surface area contributed by atoms with Crippen molar-refractivity contribution in [2.24, 2.45) is 0 Å². The Kier molecular flexibility index (Phi) is 6.54. The third-order valence-electron chi connectivity index (χ3n) is 5.37. The van der Waals surface area contributed by atoms with Crippen molar-refractivity contribution in [1.29, 1.82) is 0 Å². The molecule has 1 fully saturated rings. The summed E-state index contributed by atoms with van der Waals surface area (Å²) in [5, 5.41) is 6.48. The molecule has 0 unspecified atom stereocenters. The summed E-state index contributed by atoms with van der Waals surface area (Å²) >= 11 is 6.49. The number of carbonyl (C=O) groups excluding carboxylic acids is 1. The van der Waals surface area contributed by atoms with Crippen molar-refractivity contribution >= 4 is 29.0 Å². The van der Waals surface area contributed by atoms with Crippen LogP contribution in [0.2, 0.25) is 5.02 Å². The monoisotopic (exact) mass is 423 g/mol. The predicted molar refractivity (Wildman–Crippen MR) is 121 cm³/mol. The molecule has 2 aromatic carbocycles. The quantitative estimate of drug-likeness (QED) is 0.593. The molecule has 3 aromatic rings. The summed E-state index contributed by atoms with van der Waals surface area (Å²) in [7, 11) is 0. The van der Waals surface area contributed by atoms with E-state index in [0.29, 0.717) is 23.8 Å². The molecule has 30 heavy (non-hydrogen) atoms. The molecular formula is C23H26ClN5O. The Bertz CT molecular complexity index is 983. The van der Waals surface area contributed by atoms with E-state index in [1.165, 1.54) is 19.3 Å². The zero-order chi connectivity index (χ0) is 20.8. The lowest BCUT2D eigenvalue weighted by Crippen LogP contribution is -2.30. The number of aromatic nitrogens is 2. The topological polar surface area (TPSA) is 62.2 Å². The molecule has 1 saturated heterocycles. The lowest BCUT2D eigenvalue weighted by Gasteiger charge is -2.29. The van der Waals surface area contributed by atoms with Crippen molar-refractivity contribution in [3.05, 3.63) is 77.3 Å². The van der Waals surface area contributed by atoms with E-state index in [0.717, 1.165) is 29.9 Å². The normalized spacial score (nSPS) is 13.8. The Balaban J connectivity index is 1.35. The molecule has 2 amide bonds. The van der Waals surface area contributed by atoms with Crippen molar-refractivity contribution in [2.45, 2.75) is 32.4 Å². The number of benzene rings is 2. The summed E-state index contributed by atoms with van der Waals surface area (Å²) < 4.78 is 2.00. The molecule has 2 heterocycles. The zero-order valence-corrected chi connectivity index (χ0v) is 17.6. The molecule has 1 aromatic heterocycles. The maximum atomic E-state index is 12.4. The molecule has 4 rings (SSSR count). The van der Waals surface area contributed by atoms with Gasteiger partial charge in [0.1, 0.15) is 0 Å². The van der Waals surface area contributed by atoms with Crippen LogP contribution in [0.1, 0.15) is 30.4 Å². The van der Waals surface area contributed by atoms with Gasteiger partial charge in [0, 0.05) is 44.3 Å². The van der Waals surface area contributed by atoms with Crippen LogP contribution in [0.5, 0.6) is 0 Å². The van der Waals surface area contributed by atoms with Gasteiger partial charge in [-0.3, -0.25) is 0 Å². The first-order valence-electron chi connectivity index (χ1n) is 10.3. The molecule has 0 bridgehead atoms. The summed E-state index contributed by atoms with van der Waals surface area (Å²) in [5.74, 6) is 0. The van der Waals surface area contributed by atoms with Gasteiger partial charge in [-0.15, -0.1) is 0 Å². The van der Waals surface area contributed by atoms with Gasteiger partial charge in [0.15, 0.2) is 0 Å². The van der Waals surface area contributed by atoms with E-state index in [1.807, 2.05) is 47.2 Å². The van der Waals surface area contributed by atoms with Crippen LogP contribution < -0.4 is 15.5 Å². The van der Waals surface area contributed by atoms with Crippen LogP contribution in [0.4, 0.5) is 16.2 Å². The van der Waals surface area contributed by atoms with E-state index < -0.39 is 0 Å². The molecule has 6 nitrogen and oxygen atoms in total. The number of hydrogen-bond acceptors (Lipinski definition) is 3. The molecule has 0 atom stereocenters. The highest BCUT2D eigenvalue weighted by atomic mass is 35.5. The second-order valence-electron chi connectivity index (χ2n) is 7.53. The minimum Gasteiger partial charge on any atom is -0.370 e. The summed E-state index contributed by atoms with van der Waals surface area (Å²) in [4.78, 5) is 18.8. The number of nitrogens with one attached hydrogen (secondary N) is 2. The van der Waals surface area contributed by atoms with E-state index in [9.17, 15) is 4.79 Å². The molecule has 0 aliphatic carbocycles. The van der Waals surface area contributed by atoms with Gasteiger partial charge in [0.2, 0.25) is 0 Å². The number of imidazole rings is 1. The van der Waals surface area contributed by atoms with Crippen molar-refractivity contribution in [2.75, 3.05) is 23.3 Å². The van der Waals surface area contributed by atoms with Crippen molar-refractivity contribution in [3.63, 3.8) is 0 Å². The SMILES string of the molecule is O=C(NCc1ccccc1Cn1ccnc1)Nc1ccc(N2CCCCC2)c(Cl)c1. The lowest BCUT2D eigenvalue weighted by molar-refractivity contribution is 0.251. The Morgan fingerprint density at radius 3 is 2.60 bits per heavy atom. The number of rotatable bonds is 6. The molecule has 156 valence electrons. The molecule has 0 radical (unpaired) electrons. The van der Waals surface area contributed by atoms with Crippen LogP contribution in [-0.4, -0.2) is 28.7 Å². The number of carbonyl (C=O) groups is 1. The lowest BCUT2D eigenvalue weighted by atomic mass is 10.1. The largest absolute Gasteiger partial charge is 0.370 e. The highest BCUT2D eigenvalue weighted by Gasteiger charge is 2.14. The van der Waals surface area contributed by atoms with Crippen LogP contribution >= 0.6 is 11.6 Å². The van der Waals surface area contributed by atoms with Crippen LogP contribution in [0, 0.1) is 0 Å². The number of hydrogen-bond donors (Lipinski definition) is 2. The third-order valence-corrected chi connectivity index (χ3v) is 5.67. The Hall–Kier alpha value is -2.99. The Labute approximate surface area is 181 Å². The van der Waals surface area contributed by atoms with Crippen molar-refractivity contribution < 1.29 is 4.79 Å². The van der Waals surface area contributed by atoms with Crippen LogP contribution in [-0.2, 0) is 13.1 Å². The fourth-order valence-corrected chi connectivity index (χ4v) is 4.09. The summed E-state index contributed by atoms with van der Waals surface area (Å²) in [6, 6.07) is 13.5. The first-order valence-corrected chi connectivity index (χ1v) is 10.7. The average Bonchev–Trinajstić information content (AvgIpc) is 3.27. The molecule has 2 N–H and O–H groups in total. The van der Waals surface area contributed by atoms with Crippen molar-refractivity contribution in [1.82, 2.24) is 14.9 Å². The van der Waals surface area contributed by atoms with Gasteiger partial charge in [-0.1, -0.05) is 35.9 Å². The molecule has 0 spiro atoms. The molecule has 1 aliphatic heterocycles. The number of halogens is 1. The standard InChI is InChI=1S/C23H26ClN5O/c24-21-14-20(8-9-22(21)29-11-4-1-5-12-29)27-23(30)26-15-18-6-2-3-7-19(18)16-28-13-10-25-17-28/h2-3,6-10,13-14,17H,1,4-5,11-12,15-16H2,(H2,26,27,30). The van der Waals surface area contributed by atoms with E-state index in [2.05, 4.69) is 26.6 Å². The first-order chi connectivity index (χ1) is 14.7. The highest BCUT2D eigenvalue weighted by Crippen LogP contribution is 2.30. The number of nitrogens with zero attached hydrogens (tertiary/aromatic N) is 3. The maximum absolute atomic E-state index is 12.4. The van der Waals surface area contributed by atoms with Gasteiger partial charge in [-0.2, -0.15) is 0 Å². The zero-order valence-electron chi connectivity index (χ0n) is 16.9. The minimum atomic E-state index is -0.255. The number of amides is 2. The maximum Gasteiger partial charge on any atom is 0.319 e. The Morgan fingerprint density at radius 1 is 1.07 bits per heavy atom. The fraction of sp³-hybridized carbons (Fsp3) is 0.304. The van der Waals surface area contributed by atoms with Gasteiger partial charge >= 0.3 is 6.03 Å². The molecular weight excluding hydrogens is 398 g/mol. The second kappa shape index (κ2) is 9.67. The number of anilines is 2. The van der Waals surface area contributed by atoms with Crippen LogP contribution in [0.3, 0.4) is 0 Å². The van der Waals surface area contributed by atoms with Gasteiger partial charge in [-0.05, 0) is 48.6 Å². The van der Waals surface area contributed by atoms with E-state index in [1.54, 1.807) is 12.5 Å². The summed E-state index contributed by atoms with van der Waals surface area (Å²) in [6.07, 6.45) is 9.14. The first kappa shape index (κ1) is 20.3. The molecule has 0 saturated carbocycles. The van der Waals surface area contributed by atoms with Crippen LogP contribution in [0.15, 0.2) is 61.2 Å². The summed E-state index contributed by atoms with van der Waals surface area (Å²) in [6.45, 7) is 3.22. The number of urea groups is 1. The van der Waals surface area contributed by atoms with Crippen LogP contribution in [0.25, 0.3) is 0 Å². The van der Waals surface area contributed by atoms with Gasteiger partial charge in [0.05, 0.1) is 17.0 Å². The van der Waals surface area contributed by atoms with Gasteiger partial charge < -0.3 is 20.1 Å². The smallest absolute Gasteiger partial charge is 0.319 e. The van der Waals surface area contributed by atoms with Crippen molar-refractivity contribution in [3.8, 4) is 0 Å². The highest BCUT2D eigenvalue weighted by molar-refractivity contribution is 6.33. The minimum absolute atomic E-state index is 0.255. The average molecular weight is 424 g/mol. The predicted octanol–water partition coefficient (Wildman–Crippen LogP) is 4.90. The molecule has 7 heteroatoms.